The molecule has 1 atom stereocenters. The van der Waals surface area contributed by atoms with E-state index < -0.39 is 10.8 Å². The minimum absolute atomic E-state index is 0. The monoisotopic (exact) mass is 333 g/mol. The Kier molecular flexibility index (Phi) is 10.4. The minimum Gasteiger partial charge on any atom is -0.630 e. The number of hydrogen-bond acceptors (Lipinski definition) is 5. The van der Waals surface area contributed by atoms with Gasteiger partial charge in [0.1, 0.15) is 11.4 Å². The second kappa shape index (κ2) is 11.1. The number of carbonyl (C=O) groups is 1. The van der Waals surface area contributed by atoms with E-state index in [9.17, 15) is 14.2 Å². The summed E-state index contributed by atoms with van der Waals surface area (Å²) in [5, 5.41) is 10.9. The predicted molar refractivity (Wildman–Crippen MR) is 84.1 cm³/mol. The van der Waals surface area contributed by atoms with Crippen molar-refractivity contribution in [2.75, 3.05) is 19.5 Å². The molecule has 7 nitrogen and oxygen atoms in total. The molecule has 22 heavy (non-hydrogen) atoms. The Hall–Kier alpha value is -1.48. The molecular weight excluding hydrogens is 310 g/mol. The van der Waals surface area contributed by atoms with Crippen LogP contribution in [0.1, 0.15) is 25.3 Å². The maximum absolute atomic E-state index is 11.3. The van der Waals surface area contributed by atoms with E-state index in [1.165, 1.54) is 0 Å². The molecule has 8 heteroatoms. The van der Waals surface area contributed by atoms with Crippen LogP contribution < -0.4 is 10.2 Å². The molecule has 0 aliphatic rings. The molecule has 0 bridgehead atoms. The van der Waals surface area contributed by atoms with Crippen LogP contribution in [0.3, 0.4) is 0 Å². The first-order valence-corrected chi connectivity index (χ1v) is 8.45. The molecule has 0 spiro atoms. The summed E-state index contributed by atoms with van der Waals surface area (Å²) in [4.78, 5) is 11.2. The van der Waals surface area contributed by atoms with Gasteiger partial charge in [0.25, 0.3) is 0 Å². The van der Waals surface area contributed by atoms with Crippen molar-refractivity contribution < 1.29 is 29.4 Å². The number of esters is 1. The summed E-state index contributed by atoms with van der Waals surface area (Å²) in [5.41, 5.74) is 2.01. The molecule has 0 aliphatic heterocycles. The van der Waals surface area contributed by atoms with Crippen LogP contribution in [-0.4, -0.2) is 35.1 Å². The molecule has 0 heterocycles. The third-order valence-electron chi connectivity index (χ3n) is 2.59. The zero-order valence-corrected chi connectivity index (χ0v) is 13.6. The van der Waals surface area contributed by atoms with Crippen LogP contribution in [0.4, 0.5) is 5.69 Å². The summed E-state index contributed by atoms with van der Waals surface area (Å²) in [6.45, 7) is 2.49. The molecule has 0 aliphatic carbocycles. The Morgan fingerprint density at radius 3 is 2.68 bits per heavy atom. The molecule has 1 aromatic rings. The van der Waals surface area contributed by atoms with Gasteiger partial charge in [-0.3, -0.25) is 9.00 Å². The third-order valence-corrected chi connectivity index (χ3v) is 3.33. The number of hydrogen-bond donors (Lipinski definition) is 1. The van der Waals surface area contributed by atoms with E-state index in [1.807, 2.05) is 0 Å². The highest BCUT2D eigenvalue weighted by Crippen LogP contribution is 2.19. The molecule has 1 aromatic carbocycles. The van der Waals surface area contributed by atoms with Gasteiger partial charge in [0.2, 0.25) is 0 Å². The standard InChI is InChI=1S/C14H21NO5S.H2O/c1-3-19-14(16)5-4-6-20-13-8-11(10-21(2)18)7-12(9-13)15-17;/h7-9H,3-6,10,15H2,1-2H3;1H2. The second-order valence-electron chi connectivity index (χ2n) is 4.50. The maximum atomic E-state index is 11.3. The quantitative estimate of drug-likeness (QED) is 0.298. The Balaban J connectivity index is 0.00000441. The van der Waals surface area contributed by atoms with Crippen molar-refractivity contribution in [1.29, 1.82) is 0 Å². The van der Waals surface area contributed by atoms with Crippen LogP contribution in [-0.2, 0) is 26.1 Å². The number of quaternary nitrogens is 1. The highest BCUT2D eigenvalue weighted by Gasteiger charge is 2.06. The highest BCUT2D eigenvalue weighted by molar-refractivity contribution is 7.83. The topological polar surface area (TPSA) is 124 Å². The molecule has 1 unspecified atom stereocenters. The van der Waals surface area contributed by atoms with Crippen molar-refractivity contribution in [3.8, 4) is 5.75 Å². The van der Waals surface area contributed by atoms with E-state index in [0.717, 1.165) is 11.0 Å². The number of benzene rings is 1. The van der Waals surface area contributed by atoms with Crippen molar-refractivity contribution in [3.63, 3.8) is 0 Å². The summed E-state index contributed by atoms with van der Waals surface area (Å²) in [6.07, 6.45) is 2.44. The molecule has 4 N–H and O–H groups in total. The number of rotatable bonds is 9. The first kappa shape index (κ1) is 20.5. The van der Waals surface area contributed by atoms with E-state index in [0.29, 0.717) is 43.2 Å². The lowest BCUT2D eigenvalue weighted by Gasteiger charge is -2.10. The van der Waals surface area contributed by atoms with Crippen LogP contribution in [0.25, 0.3) is 0 Å². The molecule has 0 saturated heterocycles. The highest BCUT2D eigenvalue weighted by atomic mass is 32.2. The molecule has 126 valence electrons. The lowest BCUT2D eigenvalue weighted by molar-refractivity contribution is -0.497. The van der Waals surface area contributed by atoms with Gasteiger partial charge >= 0.3 is 5.97 Å². The first-order chi connectivity index (χ1) is 10.0. The number of ether oxygens (including phenoxy) is 2. The van der Waals surface area contributed by atoms with Gasteiger partial charge in [-0.05, 0) is 25.0 Å². The molecular formula is C14H23NO6S. The fourth-order valence-electron chi connectivity index (χ4n) is 1.80. The van der Waals surface area contributed by atoms with Gasteiger partial charge in [0.15, 0.2) is 0 Å². The molecule has 0 fully saturated rings. The number of carbonyl (C=O) groups excluding carboxylic acids is 1. The molecule has 1 rings (SSSR count). The Bertz CT molecular complexity index is 494. The van der Waals surface area contributed by atoms with E-state index in [-0.39, 0.29) is 11.4 Å². The van der Waals surface area contributed by atoms with E-state index in [1.54, 1.807) is 31.4 Å². The molecule has 0 radical (unpaired) electrons. The van der Waals surface area contributed by atoms with Gasteiger partial charge in [-0.2, -0.15) is 0 Å². The van der Waals surface area contributed by atoms with E-state index >= 15 is 0 Å². The van der Waals surface area contributed by atoms with Crippen molar-refractivity contribution in [2.24, 2.45) is 0 Å². The van der Waals surface area contributed by atoms with Crippen LogP contribution in [0.2, 0.25) is 0 Å². The summed E-state index contributed by atoms with van der Waals surface area (Å²) in [7, 11) is -0.984. The van der Waals surface area contributed by atoms with Crippen LogP contribution in [0.5, 0.6) is 5.75 Å². The largest absolute Gasteiger partial charge is 0.630 e. The van der Waals surface area contributed by atoms with Gasteiger partial charge in [-0.25, -0.2) is 0 Å². The smallest absolute Gasteiger partial charge is 0.305 e. The minimum atomic E-state index is -0.984. The Labute approximate surface area is 132 Å². The Morgan fingerprint density at radius 1 is 1.36 bits per heavy atom. The summed E-state index contributed by atoms with van der Waals surface area (Å²) in [6, 6.07) is 5.08. The third kappa shape index (κ3) is 8.08. The van der Waals surface area contributed by atoms with Gasteiger partial charge < -0.3 is 25.6 Å². The summed E-state index contributed by atoms with van der Waals surface area (Å²) < 4.78 is 21.6. The Morgan fingerprint density at radius 2 is 2.09 bits per heavy atom. The fourth-order valence-corrected chi connectivity index (χ4v) is 2.43. The second-order valence-corrected chi connectivity index (χ2v) is 5.94. The zero-order valence-electron chi connectivity index (χ0n) is 12.8. The molecule has 0 saturated carbocycles. The lowest BCUT2D eigenvalue weighted by atomic mass is 10.2. The summed E-state index contributed by atoms with van der Waals surface area (Å²) >= 11 is 0. The SMILES string of the molecule is CCOC(=O)CCCOc1cc(CS(C)=O)cc([NH2+][O-])c1.O. The fraction of sp³-hybridized carbons (Fsp3) is 0.500. The van der Waals surface area contributed by atoms with Gasteiger partial charge in [-0.15, -0.1) is 0 Å². The summed E-state index contributed by atoms with van der Waals surface area (Å²) in [5.74, 6) is 0.676. The average Bonchev–Trinajstić information content (AvgIpc) is 2.43. The van der Waals surface area contributed by atoms with Crippen molar-refractivity contribution in [3.05, 3.63) is 29.0 Å². The maximum Gasteiger partial charge on any atom is 0.305 e. The lowest BCUT2D eigenvalue weighted by Crippen LogP contribution is -2.70. The van der Waals surface area contributed by atoms with Crippen LogP contribution >= 0.6 is 0 Å². The molecule has 0 amide bonds. The van der Waals surface area contributed by atoms with Gasteiger partial charge in [0, 0.05) is 41.4 Å². The average molecular weight is 333 g/mol. The number of nitrogens with two attached hydrogens (primary N) is 1. The molecule has 0 aromatic heterocycles. The van der Waals surface area contributed by atoms with Crippen molar-refractivity contribution in [1.82, 2.24) is 0 Å². The van der Waals surface area contributed by atoms with Crippen LogP contribution in [0, 0.1) is 5.21 Å². The van der Waals surface area contributed by atoms with Crippen molar-refractivity contribution in [2.45, 2.75) is 25.5 Å². The van der Waals surface area contributed by atoms with Crippen molar-refractivity contribution >= 4 is 22.5 Å². The van der Waals surface area contributed by atoms with E-state index in [2.05, 4.69) is 0 Å². The van der Waals surface area contributed by atoms with Gasteiger partial charge in [-0.1, -0.05) is 0 Å². The van der Waals surface area contributed by atoms with E-state index in [4.69, 9.17) is 9.47 Å². The van der Waals surface area contributed by atoms with Crippen LogP contribution in [0.15, 0.2) is 18.2 Å². The van der Waals surface area contributed by atoms with Gasteiger partial charge in [0.05, 0.1) is 13.2 Å². The normalized spacial score (nSPS) is 11.4. The predicted octanol–water partition coefficient (Wildman–Crippen LogP) is 0.155. The first-order valence-electron chi connectivity index (χ1n) is 6.72. The zero-order chi connectivity index (χ0) is 15.7.